The van der Waals surface area contributed by atoms with Gasteiger partial charge in [0.2, 0.25) is 0 Å². The molecule has 3 nitrogen and oxygen atoms in total. The van der Waals surface area contributed by atoms with E-state index in [1.54, 1.807) is 0 Å². The monoisotopic (exact) mass is 367 g/mol. The lowest BCUT2D eigenvalue weighted by atomic mass is 10.1. The van der Waals surface area contributed by atoms with Gasteiger partial charge >= 0.3 is 0 Å². The van der Waals surface area contributed by atoms with Crippen LogP contribution in [-0.4, -0.2) is 35.6 Å². The smallest absolute Gasteiger partial charge is 0.264 e. The standard InChI is InChI=1S/C10H11Br2NO2S/c11-7-3-8(16-9(7)12)10(15)13-2-1-6(4-13)5-14/h3,6,14H,1-2,4-5H2. The Kier molecular flexibility index (Phi) is 4.05. The van der Waals surface area contributed by atoms with Crippen molar-refractivity contribution in [3.8, 4) is 0 Å². The van der Waals surface area contributed by atoms with Crippen molar-refractivity contribution in [1.29, 1.82) is 0 Å². The Bertz CT molecular complexity index is 388. The quantitative estimate of drug-likeness (QED) is 0.871. The van der Waals surface area contributed by atoms with Gasteiger partial charge in [-0.25, -0.2) is 0 Å². The van der Waals surface area contributed by atoms with Crippen LogP contribution in [0.25, 0.3) is 0 Å². The van der Waals surface area contributed by atoms with Gasteiger partial charge in [-0.2, -0.15) is 0 Å². The van der Waals surface area contributed by atoms with Crippen molar-refractivity contribution in [2.75, 3.05) is 19.7 Å². The molecule has 0 bridgehead atoms. The van der Waals surface area contributed by atoms with Crippen LogP contribution >= 0.6 is 43.2 Å². The molecule has 16 heavy (non-hydrogen) atoms. The maximum absolute atomic E-state index is 12.1. The SMILES string of the molecule is O=C(c1cc(Br)c(Br)s1)N1CCC(CO)C1. The summed E-state index contributed by atoms with van der Waals surface area (Å²) >= 11 is 8.18. The third kappa shape index (κ3) is 2.50. The molecule has 1 fully saturated rings. The number of likely N-dealkylation sites (tertiary alicyclic amines) is 1. The summed E-state index contributed by atoms with van der Waals surface area (Å²) in [5.74, 6) is 0.308. The molecule has 1 aliphatic heterocycles. The van der Waals surface area contributed by atoms with Crippen LogP contribution in [0.15, 0.2) is 14.3 Å². The number of halogens is 2. The molecular weight excluding hydrogens is 358 g/mol. The van der Waals surface area contributed by atoms with E-state index in [1.807, 2.05) is 11.0 Å². The summed E-state index contributed by atoms with van der Waals surface area (Å²) in [5, 5.41) is 9.03. The Morgan fingerprint density at radius 1 is 1.62 bits per heavy atom. The molecule has 88 valence electrons. The summed E-state index contributed by atoms with van der Waals surface area (Å²) in [5.41, 5.74) is 0. The molecule has 0 aliphatic carbocycles. The molecule has 0 spiro atoms. The normalized spacial score (nSPS) is 20.4. The number of hydrogen-bond donors (Lipinski definition) is 1. The summed E-state index contributed by atoms with van der Waals surface area (Å²) in [6.45, 7) is 1.58. The van der Waals surface area contributed by atoms with E-state index < -0.39 is 0 Å². The fraction of sp³-hybridized carbons (Fsp3) is 0.500. The number of nitrogens with zero attached hydrogens (tertiary/aromatic N) is 1. The number of carbonyl (C=O) groups is 1. The van der Waals surface area contributed by atoms with Gasteiger partial charge in [0.25, 0.3) is 5.91 Å². The van der Waals surface area contributed by atoms with E-state index in [4.69, 9.17) is 5.11 Å². The zero-order chi connectivity index (χ0) is 11.7. The van der Waals surface area contributed by atoms with Crippen LogP contribution in [0.5, 0.6) is 0 Å². The molecule has 1 amide bonds. The van der Waals surface area contributed by atoms with Crippen LogP contribution in [0.3, 0.4) is 0 Å². The maximum Gasteiger partial charge on any atom is 0.264 e. The number of aliphatic hydroxyl groups is 1. The Morgan fingerprint density at radius 2 is 2.38 bits per heavy atom. The average Bonchev–Trinajstić information content (AvgIpc) is 2.86. The molecule has 0 aromatic carbocycles. The maximum atomic E-state index is 12.1. The molecule has 1 atom stereocenters. The van der Waals surface area contributed by atoms with Gasteiger partial charge < -0.3 is 10.0 Å². The van der Waals surface area contributed by atoms with Crippen LogP contribution in [0.1, 0.15) is 16.1 Å². The van der Waals surface area contributed by atoms with E-state index in [1.165, 1.54) is 11.3 Å². The Morgan fingerprint density at radius 3 is 2.88 bits per heavy atom. The average molecular weight is 369 g/mol. The van der Waals surface area contributed by atoms with Crippen molar-refractivity contribution in [1.82, 2.24) is 4.90 Å². The molecule has 1 aliphatic rings. The van der Waals surface area contributed by atoms with Crippen molar-refractivity contribution in [2.24, 2.45) is 5.92 Å². The Labute approximate surface area is 115 Å². The lowest BCUT2D eigenvalue weighted by Gasteiger charge is -2.14. The second-order valence-corrected chi connectivity index (χ2v) is 7.05. The fourth-order valence-electron chi connectivity index (χ4n) is 1.77. The number of rotatable bonds is 2. The van der Waals surface area contributed by atoms with E-state index in [0.717, 1.165) is 26.1 Å². The van der Waals surface area contributed by atoms with Gasteiger partial charge in [0, 0.05) is 30.1 Å². The molecule has 1 unspecified atom stereocenters. The molecule has 6 heteroatoms. The fourth-order valence-corrected chi connectivity index (χ4v) is 3.78. The largest absolute Gasteiger partial charge is 0.396 e. The summed E-state index contributed by atoms with van der Waals surface area (Å²) in [4.78, 5) is 14.6. The molecule has 1 saturated heterocycles. The van der Waals surface area contributed by atoms with Gasteiger partial charge in [0.15, 0.2) is 0 Å². The highest BCUT2D eigenvalue weighted by molar-refractivity contribution is 9.13. The molecule has 0 saturated carbocycles. The summed E-state index contributed by atoms with van der Waals surface area (Å²) in [6.07, 6.45) is 0.899. The molecule has 2 heterocycles. The Balaban J connectivity index is 2.08. The van der Waals surface area contributed by atoms with Crippen LogP contribution in [-0.2, 0) is 0 Å². The third-order valence-electron chi connectivity index (χ3n) is 2.69. The number of hydrogen-bond acceptors (Lipinski definition) is 3. The first-order chi connectivity index (χ1) is 7.61. The van der Waals surface area contributed by atoms with Crippen molar-refractivity contribution in [2.45, 2.75) is 6.42 Å². The highest BCUT2D eigenvalue weighted by atomic mass is 79.9. The van der Waals surface area contributed by atoms with Crippen LogP contribution in [0, 0.1) is 5.92 Å². The van der Waals surface area contributed by atoms with Crippen molar-refractivity contribution in [3.63, 3.8) is 0 Å². The van der Waals surface area contributed by atoms with Crippen LogP contribution in [0.4, 0.5) is 0 Å². The van der Waals surface area contributed by atoms with Gasteiger partial charge in [0.1, 0.15) is 0 Å². The van der Waals surface area contributed by atoms with Gasteiger partial charge in [-0.3, -0.25) is 4.79 Å². The zero-order valence-electron chi connectivity index (χ0n) is 8.45. The van der Waals surface area contributed by atoms with Crippen LogP contribution in [0.2, 0.25) is 0 Å². The first kappa shape index (κ1) is 12.5. The molecule has 1 aromatic heterocycles. The van der Waals surface area contributed by atoms with Crippen molar-refractivity contribution >= 4 is 49.1 Å². The summed E-state index contributed by atoms with van der Waals surface area (Å²) in [7, 11) is 0. The second kappa shape index (κ2) is 5.16. The zero-order valence-corrected chi connectivity index (χ0v) is 12.4. The first-order valence-electron chi connectivity index (χ1n) is 4.96. The van der Waals surface area contributed by atoms with Crippen molar-refractivity contribution in [3.05, 3.63) is 19.2 Å². The minimum atomic E-state index is 0.0624. The van der Waals surface area contributed by atoms with Gasteiger partial charge in [0.05, 0.1) is 8.66 Å². The summed E-state index contributed by atoms with van der Waals surface area (Å²) < 4.78 is 1.85. The van der Waals surface area contributed by atoms with Gasteiger partial charge in [-0.15, -0.1) is 11.3 Å². The second-order valence-electron chi connectivity index (χ2n) is 3.82. The van der Waals surface area contributed by atoms with Gasteiger partial charge in [-0.05, 0) is 44.3 Å². The number of carbonyl (C=O) groups excluding carboxylic acids is 1. The number of amides is 1. The van der Waals surface area contributed by atoms with Crippen LogP contribution < -0.4 is 0 Å². The van der Waals surface area contributed by atoms with Crippen molar-refractivity contribution < 1.29 is 9.90 Å². The Hall–Kier alpha value is 0.0900. The molecule has 0 radical (unpaired) electrons. The van der Waals surface area contributed by atoms with E-state index in [9.17, 15) is 4.79 Å². The first-order valence-corrected chi connectivity index (χ1v) is 7.37. The highest BCUT2D eigenvalue weighted by Crippen LogP contribution is 2.33. The summed E-state index contributed by atoms with van der Waals surface area (Å²) in [6, 6.07) is 1.84. The van der Waals surface area contributed by atoms with Gasteiger partial charge in [-0.1, -0.05) is 0 Å². The molecular formula is C10H11Br2NO2S. The lowest BCUT2D eigenvalue weighted by molar-refractivity contribution is 0.0786. The minimum absolute atomic E-state index is 0.0624. The van der Waals surface area contributed by atoms with E-state index in [2.05, 4.69) is 31.9 Å². The highest BCUT2D eigenvalue weighted by Gasteiger charge is 2.27. The predicted octanol–water partition coefficient (Wildman–Crippen LogP) is 2.73. The third-order valence-corrected chi connectivity index (χ3v) is 5.93. The van der Waals surface area contributed by atoms with E-state index >= 15 is 0 Å². The minimum Gasteiger partial charge on any atom is -0.396 e. The topological polar surface area (TPSA) is 40.5 Å². The molecule has 1 aromatic rings. The molecule has 1 N–H and O–H groups in total. The van der Waals surface area contributed by atoms with E-state index in [0.29, 0.717) is 6.54 Å². The lowest BCUT2D eigenvalue weighted by Crippen LogP contribution is -2.28. The molecule has 2 rings (SSSR count). The predicted molar refractivity (Wildman–Crippen MR) is 70.8 cm³/mol. The van der Waals surface area contributed by atoms with E-state index in [-0.39, 0.29) is 18.4 Å². The number of aliphatic hydroxyl groups excluding tert-OH is 1. The number of thiophene rings is 1.